The molecule has 0 aliphatic carbocycles. The highest BCUT2D eigenvalue weighted by Crippen LogP contribution is 2.26. The van der Waals surface area contributed by atoms with E-state index in [1.807, 2.05) is 38.1 Å². The van der Waals surface area contributed by atoms with E-state index in [-0.39, 0.29) is 11.8 Å². The number of aromatic nitrogens is 1. The molecule has 0 aliphatic heterocycles. The van der Waals surface area contributed by atoms with Crippen molar-refractivity contribution >= 4 is 29.0 Å². The largest absolute Gasteiger partial charge is 0.294 e. The molecule has 106 valence electrons. The van der Waals surface area contributed by atoms with Crippen molar-refractivity contribution in [2.24, 2.45) is 5.84 Å². The van der Waals surface area contributed by atoms with Crippen molar-refractivity contribution in [3.05, 3.63) is 46.5 Å². The van der Waals surface area contributed by atoms with E-state index < -0.39 is 0 Å². The molecule has 4 nitrogen and oxygen atoms in total. The molecule has 20 heavy (non-hydrogen) atoms. The average molecular weight is 307 g/mol. The standard InChI is InChI=1S/C14H17N3OS2/c1-9-7-19-14(16-9)20-8-11-3-5-12(6-4-11)10(2)13(18)17-15/h3-7,10H,8,15H2,1-2H3,(H,17,18). The molecule has 0 saturated carbocycles. The summed E-state index contributed by atoms with van der Waals surface area (Å²) >= 11 is 3.40. The zero-order chi connectivity index (χ0) is 14.5. The average Bonchev–Trinajstić information content (AvgIpc) is 2.89. The quantitative estimate of drug-likeness (QED) is 0.386. The van der Waals surface area contributed by atoms with Crippen LogP contribution in [0.5, 0.6) is 0 Å². The van der Waals surface area contributed by atoms with Crippen LogP contribution < -0.4 is 11.3 Å². The fraction of sp³-hybridized carbons (Fsp3) is 0.286. The Kier molecular flexibility index (Phi) is 5.17. The molecule has 3 N–H and O–H groups in total. The Morgan fingerprint density at radius 1 is 1.45 bits per heavy atom. The minimum Gasteiger partial charge on any atom is -0.294 e. The van der Waals surface area contributed by atoms with Crippen LogP contribution in [0, 0.1) is 6.92 Å². The fourth-order valence-corrected chi connectivity index (χ4v) is 3.53. The van der Waals surface area contributed by atoms with Gasteiger partial charge in [-0.3, -0.25) is 10.2 Å². The summed E-state index contributed by atoms with van der Waals surface area (Å²) in [5, 5.41) is 2.05. The molecule has 1 aromatic carbocycles. The second-order valence-corrected chi connectivity index (χ2v) is 6.60. The van der Waals surface area contributed by atoms with Gasteiger partial charge in [0, 0.05) is 16.8 Å². The van der Waals surface area contributed by atoms with Crippen molar-refractivity contribution < 1.29 is 4.79 Å². The number of rotatable bonds is 5. The van der Waals surface area contributed by atoms with E-state index in [2.05, 4.69) is 15.8 Å². The van der Waals surface area contributed by atoms with Crippen molar-refractivity contribution in [2.45, 2.75) is 29.9 Å². The highest BCUT2D eigenvalue weighted by molar-refractivity contribution is 8.00. The van der Waals surface area contributed by atoms with Crippen molar-refractivity contribution in [2.75, 3.05) is 0 Å². The third kappa shape index (κ3) is 3.82. The van der Waals surface area contributed by atoms with E-state index in [0.29, 0.717) is 0 Å². The van der Waals surface area contributed by atoms with E-state index in [9.17, 15) is 4.79 Å². The number of carbonyl (C=O) groups excluding carboxylic acids is 1. The van der Waals surface area contributed by atoms with Gasteiger partial charge in [0.05, 0.1) is 5.92 Å². The number of hydrazine groups is 1. The van der Waals surface area contributed by atoms with Crippen LogP contribution >= 0.6 is 23.1 Å². The van der Waals surface area contributed by atoms with Gasteiger partial charge in [0.2, 0.25) is 5.91 Å². The number of nitrogens with one attached hydrogen (secondary N) is 1. The van der Waals surface area contributed by atoms with Gasteiger partial charge >= 0.3 is 0 Å². The molecule has 2 rings (SSSR count). The number of benzene rings is 1. The summed E-state index contributed by atoms with van der Waals surface area (Å²) < 4.78 is 1.09. The van der Waals surface area contributed by atoms with Crippen LogP contribution in [0.1, 0.15) is 29.7 Å². The van der Waals surface area contributed by atoms with Gasteiger partial charge in [-0.2, -0.15) is 0 Å². The molecule has 1 atom stereocenters. The minimum atomic E-state index is -0.233. The van der Waals surface area contributed by atoms with Gasteiger partial charge in [0.1, 0.15) is 4.34 Å². The SMILES string of the molecule is Cc1csc(SCc2ccc(C(C)C(=O)NN)cc2)n1. The maximum absolute atomic E-state index is 11.5. The third-order valence-corrected chi connectivity index (χ3v) is 5.19. The number of thiazole rings is 1. The first-order valence-corrected chi connectivity index (χ1v) is 8.11. The molecule has 0 fully saturated rings. The topological polar surface area (TPSA) is 68.0 Å². The number of hydrogen-bond acceptors (Lipinski definition) is 5. The molecule has 0 aliphatic rings. The van der Waals surface area contributed by atoms with Crippen LogP contribution in [0.25, 0.3) is 0 Å². The summed E-state index contributed by atoms with van der Waals surface area (Å²) in [4.78, 5) is 15.9. The molecule has 0 spiro atoms. The fourth-order valence-electron chi connectivity index (χ4n) is 1.72. The third-order valence-electron chi connectivity index (χ3n) is 2.98. The number of thioether (sulfide) groups is 1. The lowest BCUT2D eigenvalue weighted by atomic mass is 10.00. The summed E-state index contributed by atoms with van der Waals surface area (Å²) in [6.07, 6.45) is 0. The summed E-state index contributed by atoms with van der Waals surface area (Å²) in [6, 6.07) is 8.04. The first kappa shape index (κ1) is 15.0. The van der Waals surface area contributed by atoms with E-state index >= 15 is 0 Å². The van der Waals surface area contributed by atoms with Gasteiger partial charge in [0.15, 0.2) is 0 Å². The van der Waals surface area contributed by atoms with Crippen LogP contribution in [0.4, 0.5) is 0 Å². The van der Waals surface area contributed by atoms with Gasteiger partial charge in [-0.1, -0.05) is 36.0 Å². The molecule has 0 bridgehead atoms. The number of amides is 1. The van der Waals surface area contributed by atoms with E-state index in [4.69, 9.17) is 5.84 Å². The van der Waals surface area contributed by atoms with E-state index in [0.717, 1.165) is 21.3 Å². The predicted octanol–water partition coefficient (Wildman–Crippen LogP) is 2.84. The van der Waals surface area contributed by atoms with Crippen LogP contribution in [-0.2, 0) is 10.5 Å². The first-order chi connectivity index (χ1) is 9.60. The van der Waals surface area contributed by atoms with E-state index in [1.165, 1.54) is 5.56 Å². The zero-order valence-corrected chi connectivity index (χ0v) is 13.1. The van der Waals surface area contributed by atoms with E-state index in [1.54, 1.807) is 23.1 Å². The maximum atomic E-state index is 11.5. The van der Waals surface area contributed by atoms with Crippen LogP contribution in [-0.4, -0.2) is 10.9 Å². The summed E-state index contributed by atoms with van der Waals surface area (Å²) in [7, 11) is 0. The molecule has 6 heteroatoms. The second kappa shape index (κ2) is 6.88. The van der Waals surface area contributed by atoms with Gasteiger partial charge in [0.25, 0.3) is 0 Å². The molecule has 0 saturated heterocycles. The number of nitrogens with two attached hydrogens (primary N) is 1. The summed E-state index contributed by atoms with van der Waals surface area (Å²) in [6.45, 7) is 3.84. The number of hydrogen-bond donors (Lipinski definition) is 2. The van der Waals surface area contributed by atoms with Crippen LogP contribution in [0.2, 0.25) is 0 Å². The minimum absolute atomic E-state index is 0.176. The molecule has 1 aromatic heterocycles. The van der Waals surface area contributed by atoms with Gasteiger partial charge in [-0.25, -0.2) is 10.8 Å². The number of carbonyl (C=O) groups is 1. The Balaban J connectivity index is 1.96. The lowest BCUT2D eigenvalue weighted by Crippen LogP contribution is -2.33. The van der Waals surface area contributed by atoms with Crippen molar-refractivity contribution in [1.29, 1.82) is 0 Å². The molecular formula is C14H17N3OS2. The molecule has 2 aromatic rings. The molecule has 1 heterocycles. The Morgan fingerprint density at radius 2 is 2.15 bits per heavy atom. The normalized spacial score (nSPS) is 12.2. The van der Waals surface area contributed by atoms with Gasteiger partial charge in [-0.05, 0) is 25.0 Å². The molecular weight excluding hydrogens is 290 g/mol. The Hall–Kier alpha value is -1.37. The summed E-state index contributed by atoms with van der Waals surface area (Å²) in [5.74, 6) is 5.62. The predicted molar refractivity (Wildman–Crippen MR) is 83.6 cm³/mol. The summed E-state index contributed by atoms with van der Waals surface area (Å²) in [5.41, 5.74) is 5.42. The first-order valence-electron chi connectivity index (χ1n) is 6.24. The van der Waals surface area contributed by atoms with Crippen LogP contribution in [0.15, 0.2) is 34.0 Å². The van der Waals surface area contributed by atoms with Crippen molar-refractivity contribution in [3.8, 4) is 0 Å². The Labute approximate surface area is 126 Å². The highest BCUT2D eigenvalue weighted by Gasteiger charge is 2.13. The molecule has 1 unspecified atom stereocenters. The maximum Gasteiger partial charge on any atom is 0.241 e. The molecule has 0 radical (unpaired) electrons. The number of nitrogens with zero attached hydrogens (tertiary/aromatic N) is 1. The van der Waals surface area contributed by atoms with Crippen LogP contribution in [0.3, 0.4) is 0 Å². The Bertz CT molecular complexity index is 580. The monoisotopic (exact) mass is 307 g/mol. The van der Waals surface area contributed by atoms with Gasteiger partial charge < -0.3 is 0 Å². The molecule has 1 amide bonds. The van der Waals surface area contributed by atoms with Crippen molar-refractivity contribution in [1.82, 2.24) is 10.4 Å². The van der Waals surface area contributed by atoms with Gasteiger partial charge in [-0.15, -0.1) is 11.3 Å². The smallest absolute Gasteiger partial charge is 0.241 e. The lowest BCUT2D eigenvalue weighted by Gasteiger charge is -2.10. The lowest BCUT2D eigenvalue weighted by molar-refractivity contribution is -0.122. The van der Waals surface area contributed by atoms with Crippen molar-refractivity contribution in [3.63, 3.8) is 0 Å². The number of aryl methyl sites for hydroxylation is 1. The zero-order valence-electron chi connectivity index (χ0n) is 11.4. The highest BCUT2D eigenvalue weighted by atomic mass is 32.2. The Morgan fingerprint density at radius 3 is 2.70 bits per heavy atom. The second-order valence-electron chi connectivity index (χ2n) is 4.52.